The molecule has 0 radical (unpaired) electrons. The number of ether oxygens (including phenoxy) is 1. The fourth-order valence-electron chi connectivity index (χ4n) is 4.95. The van der Waals surface area contributed by atoms with Gasteiger partial charge in [-0.05, 0) is 35.7 Å². The van der Waals surface area contributed by atoms with Crippen LogP contribution in [0.25, 0.3) is 0 Å². The molecule has 0 bridgehead atoms. The van der Waals surface area contributed by atoms with Crippen molar-refractivity contribution in [2.24, 2.45) is 5.92 Å². The standard InChI is InChI=1S/C25H30O3Si/c1-18-16-17-21-25(5,27-21)22(18)23(26)28-29(24(2,3)4,19-12-8-6-9-13-19)20-14-10-7-11-15-20/h6-16,21-22H,17H2,1-5H3/t21-,22+,25-/m1/s1. The minimum absolute atomic E-state index is 0.128. The van der Waals surface area contributed by atoms with Crippen molar-refractivity contribution in [2.75, 3.05) is 0 Å². The first-order valence-electron chi connectivity index (χ1n) is 10.4. The number of rotatable bonds is 4. The Labute approximate surface area is 174 Å². The van der Waals surface area contributed by atoms with Crippen LogP contribution in [0.3, 0.4) is 0 Å². The smallest absolute Gasteiger partial charge is 0.323 e. The van der Waals surface area contributed by atoms with Gasteiger partial charge >= 0.3 is 14.3 Å². The Balaban J connectivity index is 1.84. The van der Waals surface area contributed by atoms with E-state index in [2.05, 4.69) is 51.1 Å². The van der Waals surface area contributed by atoms with Crippen LogP contribution < -0.4 is 10.4 Å². The van der Waals surface area contributed by atoms with Crippen LogP contribution in [0.1, 0.15) is 41.0 Å². The zero-order chi connectivity index (χ0) is 20.9. The molecule has 152 valence electrons. The van der Waals surface area contributed by atoms with Crippen LogP contribution in [-0.2, 0) is 14.0 Å². The van der Waals surface area contributed by atoms with E-state index in [0.29, 0.717) is 0 Å². The van der Waals surface area contributed by atoms with Gasteiger partial charge in [-0.15, -0.1) is 0 Å². The molecule has 3 atom stereocenters. The van der Waals surface area contributed by atoms with E-state index in [4.69, 9.17) is 9.16 Å². The van der Waals surface area contributed by atoms with Gasteiger partial charge < -0.3 is 9.16 Å². The molecule has 0 N–H and O–H groups in total. The molecule has 0 saturated carbocycles. The van der Waals surface area contributed by atoms with Crippen molar-refractivity contribution in [1.82, 2.24) is 0 Å². The number of fused-ring (bicyclic) bond motifs is 1. The summed E-state index contributed by atoms with van der Waals surface area (Å²) in [5.41, 5.74) is 0.630. The maximum atomic E-state index is 13.8. The van der Waals surface area contributed by atoms with Crippen molar-refractivity contribution >= 4 is 24.7 Å². The Morgan fingerprint density at radius 3 is 2.03 bits per heavy atom. The van der Waals surface area contributed by atoms with Crippen LogP contribution in [0.5, 0.6) is 0 Å². The summed E-state index contributed by atoms with van der Waals surface area (Å²) < 4.78 is 12.7. The Bertz CT molecular complexity index is 890. The topological polar surface area (TPSA) is 38.8 Å². The quantitative estimate of drug-likeness (QED) is 0.434. The lowest BCUT2D eigenvalue weighted by Gasteiger charge is -2.43. The van der Waals surface area contributed by atoms with Crippen LogP contribution >= 0.6 is 0 Å². The molecule has 1 aliphatic carbocycles. The average Bonchev–Trinajstić information content (AvgIpc) is 3.37. The molecule has 1 aliphatic heterocycles. The SMILES string of the molecule is CC1=CC[C@H]2O[C@@]2(C)[C@@H]1C(=O)O[Si](c1ccccc1)(c1ccccc1)C(C)(C)C. The van der Waals surface area contributed by atoms with Gasteiger partial charge in [0.2, 0.25) is 0 Å². The minimum atomic E-state index is -2.90. The fourth-order valence-corrected chi connectivity index (χ4v) is 9.30. The van der Waals surface area contributed by atoms with E-state index in [1.807, 2.05) is 50.2 Å². The van der Waals surface area contributed by atoms with Crippen LogP contribution in [0.2, 0.25) is 5.04 Å². The third-order valence-corrected chi connectivity index (χ3v) is 11.5. The van der Waals surface area contributed by atoms with Crippen molar-refractivity contribution in [1.29, 1.82) is 0 Å². The monoisotopic (exact) mass is 406 g/mol. The summed E-state index contributed by atoms with van der Waals surface area (Å²) >= 11 is 0. The van der Waals surface area contributed by atoms with E-state index in [-0.39, 0.29) is 23.0 Å². The average molecular weight is 407 g/mol. The van der Waals surface area contributed by atoms with Crippen molar-refractivity contribution in [3.05, 3.63) is 72.3 Å². The summed E-state index contributed by atoms with van der Waals surface area (Å²) in [4.78, 5) is 13.8. The summed E-state index contributed by atoms with van der Waals surface area (Å²) in [5, 5.41) is 1.99. The molecular formula is C25H30O3Si. The molecule has 1 fully saturated rings. The Morgan fingerprint density at radius 2 is 1.55 bits per heavy atom. The first kappa shape index (κ1) is 20.1. The summed E-state index contributed by atoms with van der Waals surface area (Å²) in [6, 6.07) is 20.6. The van der Waals surface area contributed by atoms with Gasteiger partial charge in [0.15, 0.2) is 0 Å². The molecule has 0 amide bonds. The molecule has 2 aromatic rings. The van der Waals surface area contributed by atoms with Crippen LogP contribution in [0.4, 0.5) is 0 Å². The van der Waals surface area contributed by atoms with E-state index in [1.54, 1.807) is 0 Å². The lowest BCUT2D eigenvalue weighted by Crippen LogP contribution is -2.68. The fraction of sp³-hybridized carbons (Fsp3) is 0.400. The van der Waals surface area contributed by atoms with Gasteiger partial charge in [0.1, 0.15) is 11.5 Å². The molecular weight excluding hydrogens is 376 g/mol. The zero-order valence-corrected chi connectivity index (χ0v) is 18.9. The molecule has 4 rings (SSSR count). The van der Waals surface area contributed by atoms with Crippen molar-refractivity contribution in [3.8, 4) is 0 Å². The van der Waals surface area contributed by atoms with Crippen LogP contribution in [-0.4, -0.2) is 26.0 Å². The maximum absolute atomic E-state index is 13.8. The molecule has 3 nitrogen and oxygen atoms in total. The lowest BCUT2D eigenvalue weighted by molar-refractivity contribution is -0.140. The molecule has 29 heavy (non-hydrogen) atoms. The molecule has 1 saturated heterocycles. The molecule has 2 aromatic carbocycles. The highest BCUT2D eigenvalue weighted by Crippen LogP contribution is 2.52. The highest BCUT2D eigenvalue weighted by Gasteiger charge is 2.63. The van der Waals surface area contributed by atoms with E-state index in [9.17, 15) is 4.79 Å². The van der Waals surface area contributed by atoms with Crippen LogP contribution in [0, 0.1) is 5.92 Å². The van der Waals surface area contributed by atoms with Gasteiger partial charge in [0.25, 0.3) is 0 Å². The van der Waals surface area contributed by atoms with Crippen molar-refractivity contribution in [2.45, 2.75) is 57.8 Å². The number of carbonyl (C=O) groups is 1. The van der Waals surface area contributed by atoms with Crippen LogP contribution in [0.15, 0.2) is 72.3 Å². The number of hydrogen-bond acceptors (Lipinski definition) is 3. The second-order valence-electron chi connectivity index (χ2n) is 9.49. The molecule has 0 aromatic heterocycles. The second kappa shape index (κ2) is 6.96. The number of hydrogen-bond donors (Lipinski definition) is 0. The van der Waals surface area contributed by atoms with Gasteiger partial charge in [-0.3, -0.25) is 4.79 Å². The van der Waals surface area contributed by atoms with Crippen molar-refractivity contribution < 1.29 is 14.0 Å². The number of epoxide rings is 1. The van der Waals surface area contributed by atoms with Gasteiger partial charge in [-0.2, -0.15) is 0 Å². The predicted octanol–water partition coefficient (Wildman–Crippen LogP) is 4.21. The van der Waals surface area contributed by atoms with Gasteiger partial charge in [0, 0.05) is 0 Å². The Morgan fingerprint density at radius 1 is 1.03 bits per heavy atom. The second-order valence-corrected chi connectivity index (χ2v) is 13.7. The summed E-state index contributed by atoms with van der Waals surface area (Å²) in [6.45, 7) is 10.6. The maximum Gasteiger partial charge on any atom is 0.323 e. The summed E-state index contributed by atoms with van der Waals surface area (Å²) in [5.74, 6) is -0.499. The first-order valence-corrected chi connectivity index (χ1v) is 12.3. The predicted molar refractivity (Wildman–Crippen MR) is 119 cm³/mol. The zero-order valence-electron chi connectivity index (χ0n) is 17.9. The molecule has 2 aliphatic rings. The van der Waals surface area contributed by atoms with Gasteiger partial charge in [0.05, 0.1) is 6.10 Å². The van der Waals surface area contributed by atoms with Gasteiger partial charge in [-0.25, -0.2) is 0 Å². The summed E-state index contributed by atoms with van der Waals surface area (Å²) in [6.07, 6.45) is 3.14. The van der Waals surface area contributed by atoms with E-state index >= 15 is 0 Å². The molecule has 4 heteroatoms. The molecule has 0 unspecified atom stereocenters. The third-order valence-electron chi connectivity index (χ3n) is 6.57. The minimum Gasteiger partial charge on any atom is -0.509 e. The largest absolute Gasteiger partial charge is 0.509 e. The van der Waals surface area contributed by atoms with E-state index in [1.165, 1.54) is 0 Å². The first-order chi connectivity index (χ1) is 13.7. The van der Waals surface area contributed by atoms with Gasteiger partial charge in [-0.1, -0.05) is 93.1 Å². The van der Waals surface area contributed by atoms with E-state index < -0.39 is 13.9 Å². The highest BCUT2D eigenvalue weighted by atomic mass is 28.4. The summed E-state index contributed by atoms with van der Waals surface area (Å²) in [7, 11) is -2.90. The molecule has 1 heterocycles. The van der Waals surface area contributed by atoms with Crippen molar-refractivity contribution in [3.63, 3.8) is 0 Å². The van der Waals surface area contributed by atoms with E-state index in [0.717, 1.165) is 22.4 Å². The normalized spacial score (nSPS) is 26.3. The highest BCUT2D eigenvalue weighted by molar-refractivity contribution is 7.00. The Kier molecular flexibility index (Phi) is 4.83. The Hall–Kier alpha value is -2.17. The molecule has 0 spiro atoms. The lowest BCUT2D eigenvalue weighted by atomic mass is 9.80. The number of carbonyl (C=O) groups excluding carboxylic acids is 1. The number of benzene rings is 2. The third kappa shape index (κ3) is 3.19.